The molecule has 3 rings (SSSR count). The van der Waals surface area contributed by atoms with Crippen LogP contribution in [0.1, 0.15) is 39.5 Å². The summed E-state index contributed by atoms with van der Waals surface area (Å²) in [5.41, 5.74) is 0. The van der Waals surface area contributed by atoms with Gasteiger partial charge in [0, 0.05) is 6.54 Å². The quantitative estimate of drug-likeness (QED) is 0.854. The highest BCUT2D eigenvalue weighted by Crippen LogP contribution is 2.31. The first-order valence-electron chi connectivity index (χ1n) is 7.60. The van der Waals surface area contributed by atoms with Gasteiger partial charge in [-0.25, -0.2) is 0 Å². The normalized spacial score (nSPS) is 25.8. The smallest absolute Gasteiger partial charge is 0.322 e. The summed E-state index contributed by atoms with van der Waals surface area (Å²) in [7, 11) is 0. The molecule has 2 fully saturated rings. The molecule has 2 unspecified atom stereocenters. The Balaban J connectivity index is 1.85. The van der Waals surface area contributed by atoms with Gasteiger partial charge in [-0.1, -0.05) is 12.8 Å². The summed E-state index contributed by atoms with van der Waals surface area (Å²) in [5, 5.41) is 0.175. The van der Waals surface area contributed by atoms with Crippen molar-refractivity contribution in [1.29, 1.82) is 0 Å². The lowest BCUT2D eigenvalue weighted by molar-refractivity contribution is -0.00940. The van der Waals surface area contributed by atoms with Crippen LogP contribution in [0.5, 0.6) is 6.01 Å². The first kappa shape index (κ1) is 14.8. The molecule has 1 saturated heterocycles. The average Bonchev–Trinajstić information content (AvgIpc) is 2.45. The molecule has 2 atom stereocenters. The highest BCUT2D eigenvalue weighted by atomic mass is 35.5. The van der Waals surface area contributed by atoms with E-state index in [1.54, 1.807) is 0 Å². The van der Waals surface area contributed by atoms with E-state index in [0.717, 1.165) is 19.4 Å². The van der Waals surface area contributed by atoms with Crippen LogP contribution in [-0.4, -0.2) is 46.4 Å². The number of fused-ring (bicyclic) bond motifs is 1. The first-order chi connectivity index (χ1) is 10.1. The minimum absolute atomic E-state index is 0.00318. The summed E-state index contributed by atoms with van der Waals surface area (Å²) in [6, 6.07) is 0.622. The number of ether oxygens (including phenoxy) is 2. The average molecular weight is 313 g/mol. The summed E-state index contributed by atoms with van der Waals surface area (Å²) in [5.74, 6) is 0.603. The molecule has 1 aromatic rings. The van der Waals surface area contributed by atoms with Gasteiger partial charge in [0.25, 0.3) is 0 Å². The van der Waals surface area contributed by atoms with Gasteiger partial charge in [0.1, 0.15) is 0 Å². The van der Waals surface area contributed by atoms with Gasteiger partial charge < -0.3 is 14.4 Å². The Morgan fingerprint density at radius 1 is 1.24 bits per heavy atom. The van der Waals surface area contributed by atoms with E-state index in [1.807, 2.05) is 13.8 Å². The molecule has 0 bridgehead atoms. The van der Waals surface area contributed by atoms with Crippen molar-refractivity contribution in [3.8, 4) is 6.01 Å². The van der Waals surface area contributed by atoms with Crippen molar-refractivity contribution in [2.45, 2.75) is 57.8 Å². The third kappa shape index (κ3) is 3.37. The Hall–Kier alpha value is -1.14. The number of hydrogen-bond donors (Lipinski definition) is 0. The van der Waals surface area contributed by atoms with Crippen LogP contribution in [-0.2, 0) is 4.74 Å². The molecular formula is C14H21ClN4O2. The number of morpholine rings is 1. The molecule has 0 spiro atoms. The minimum Gasteiger partial charge on any atom is -0.461 e. The topological polar surface area (TPSA) is 60.4 Å². The Bertz CT molecular complexity index is 498. The van der Waals surface area contributed by atoms with Crippen LogP contribution < -0.4 is 9.64 Å². The van der Waals surface area contributed by atoms with Gasteiger partial charge in [-0.15, -0.1) is 0 Å². The Kier molecular flexibility index (Phi) is 4.45. The van der Waals surface area contributed by atoms with E-state index in [-0.39, 0.29) is 17.5 Å². The number of nitrogens with zero attached hydrogens (tertiary/aromatic N) is 4. The highest BCUT2D eigenvalue weighted by Gasteiger charge is 2.35. The summed E-state index contributed by atoms with van der Waals surface area (Å²) in [4.78, 5) is 15.0. The lowest BCUT2D eigenvalue weighted by Gasteiger charge is -2.43. The molecule has 2 aliphatic rings. The van der Waals surface area contributed by atoms with Crippen molar-refractivity contribution >= 4 is 17.5 Å². The lowest BCUT2D eigenvalue weighted by Crippen LogP contribution is -2.53. The fourth-order valence-electron chi connectivity index (χ4n) is 3.06. The summed E-state index contributed by atoms with van der Waals surface area (Å²) in [6.07, 6.45) is 4.94. The fourth-order valence-corrected chi connectivity index (χ4v) is 3.21. The van der Waals surface area contributed by atoms with Crippen LogP contribution in [0.25, 0.3) is 0 Å². The van der Waals surface area contributed by atoms with Crippen molar-refractivity contribution in [2.75, 3.05) is 18.1 Å². The predicted octanol–water partition coefficient (Wildman–Crippen LogP) is 2.46. The van der Waals surface area contributed by atoms with Crippen LogP contribution in [0, 0.1) is 0 Å². The zero-order valence-electron chi connectivity index (χ0n) is 12.5. The van der Waals surface area contributed by atoms with E-state index >= 15 is 0 Å². The van der Waals surface area contributed by atoms with Gasteiger partial charge >= 0.3 is 6.01 Å². The molecule has 1 aliphatic carbocycles. The fraction of sp³-hybridized carbons (Fsp3) is 0.786. The number of hydrogen-bond acceptors (Lipinski definition) is 6. The minimum atomic E-state index is 0.00318. The Labute approximate surface area is 129 Å². The van der Waals surface area contributed by atoms with E-state index in [2.05, 4.69) is 19.9 Å². The van der Waals surface area contributed by atoms with Gasteiger partial charge in [0.15, 0.2) is 0 Å². The molecule has 0 radical (unpaired) electrons. The maximum absolute atomic E-state index is 6.03. The molecule has 0 aromatic carbocycles. The summed E-state index contributed by atoms with van der Waals surface area (Å²) >= 11 is 6.03. The number of halogens is 1. The zero-order valence-corrected chi connectivity index (χ0v) is 13.2. The van der Waals surface area contributed by atoms with Crippen molar-refractivity contribution < 1.29 is 9.47 Å². The Morgan fingerprint density at radius 2 is 2.05 bits per heavy atom. The van der Waals surface area contributed by atoms with Crippen LogP contribution in [0.4, 0.5) is 5.95 Å². The largest absolute Gasteiger partial charge is 0.461 e. The zero-order chi connectivity index (χ0) is 14.8. The standard InChI is InChI=1S/C14H21ClN4O2/c1-9(2)21-14-17-12(15)16-13(18-14)19-7-8-20-11-6-4-3-5-10(11)19/h9-11H,3-8H2,1-2H3. The molecule has 6 nitrogen and oxygen atoms in total. The molecule has 21 heavy (non-hydrogen) atoms. The van der Waals surface area contributed by atoms with Crippen molar-refractivity contribution in [1.82, 2.24) is 15.0 Å². The van der Waals surface area contributed by atoms with E-state index in [1.165, 1.54) is 12.8 Å². The third-order valence-corrected chi connectivity index (χ3v) is 4.07. The van der Waals surface area contributed by atoms with Crippen LogP contribution in [0.15, 0.2) is 0 Å². The maximum atomic E-state index is 6.03. The maximum Gasteiger partial charge on any atom is 0.322 e. The second-order valence-corrected chi connectivity index (χ2v) is 6.15. The molecule has 2 heterocycles. The first-order valence-corrected chi connectivity index (χ1v) is 7.98. The molecule has 1 aromatic heterocycles. The van der Waals surface area contributed by atoms with E-state index in [4.69, 9.17) is 21.1 Å². The molecule has 0 amide bonds. The molecular weight excluding hydrogens is 292 g/mol. The molecule has 1 aliphatic heterocycles. The second kappa shape index (κ2) is 6.32. The van der Waals surface area contributed by atoms with Gasteiger partial charge in [-0.2, -0.15) is 15.0 Å². The lowest BCUT2D eigenvalue weighted by atomic mass is 9.90. The number of rotatable bonds is 3. The SMILES string of the molecule is CC(C)Oc1nc(Cl)nc(N2CCOC3CCCCC32)n1. The van der Waals surface area contributed by atoms with Crippen molar-refractivity contribution in [3.05, 3.63) is 5.28 Å². The molecule has 7 heteroatoms. The highest BCUT2D eigenvalue weighted by molar-refractivity contribution is 6.28. The Morgan fingerprint density at radius 3 is 2.86 bits per heavy atom. The van der Waals surface area contributed by atoms with E-state index < -0.39 is 0 Å². The number of aromatic nitrogens is 3. The number of anilines is 1. The van der Waals surface area contributed by atoms with Gasteiger partial charge in [-0.05, 0) is 38.3 Å². The molecule has 0 N–H and O–H groups in total. The molecule has 116 valence electrons. The third-order valence-electron chi connectivity index (χ3n) is 3.91. The van der Waals surface area contributed by atoms with E-state index in [0.29, 0.717) is 24.6 Å². The second-order valence-electron chi connectivity index (χ2n) is 5.81. The van der Waals surface area contributed by atoms with Crippen molar-refractivity contribution in [3.63, 3.8) is 0 Å². The van der Waals surface area contributed by atoms with Gasteiger partial charge in [0.2, 0.25) is 11.2 Å². The van der Waals surface area contributed by atoms with Crippen LogP contribution in [0.2, 0.25) is 5.28 Å². The summed E-state index contributed by atoms with van der Waals surface area (Å²) in [6.45, 7) is 5.35. The summed E-state index contributed by atoms with van der Waals surface area (Å²) < 4.78 is 11.4. The van der Waals surface area contributed by atoms with Gasteiger partial charge in [0.05, 0.1) is 24.9 Å². The van der Waals surface area contributed by atoms with E-state index in [9.17, 15) is 0 Å². The van der Waals surface area contributed by atoms with Gasteiger partial charge in [-0.3, -0.25) is 0 Å². The van der Waals surface area contributed by atoms with Crippen LogP contribution >= 0.6 is 11.6 Å². The molecule has 1 saturated carbocycles. The predicted molar refractivity (Wildman–Crippen MR) is 79.9 cm³/mol. The van der Waals surface area contributed by atoms with Crippen LogP contribution in [0.3, 0.4) is 0 Å². The monoisotopic (exact) mass is 312 g/mol. The van der Waals surface area contributed by atoms with Crippen molar-refractivity contribution in [2.24, 2.45) is 0 Å².